The number of rotatable bonds is 3. The molecule has 1 rings (SSSR count). The quantitative estimate of drug-likeness (QED) is 0.623. The first-order valence-electron chi connectivity index (χ1n) is 3.34. The van der Waals surface area contributed by atoms with E-state index in [4.69, 9.17) is 0 Å². The van der Waals surface area contributed by atoms with Gasteiger partial charge in [0.15, 0.2) is 0 Å². The highest BCUT2D eigenvalue weighted by Gasteiger charge is 2.31. The largest absolute Gasteiger partial charge is 0.298 e. The maximum Gasteiger partial charge on any atom is 0.146 e. The molecule has 0 N–H and O–H groups in total. The van der Waals surface area contributed by atoms with Crippen molar-refractivity contribution in [2.45, 2.75) is 19.8 Å². The summed E-state index contributed by atoms with van der Waals surface area (Å²) in [5.41, 5.74) is 0. The Morgan fingerprint density at radius 1 is 1.78 bits per heavy atom. The highest BCUT2D eigenvalue weighted by molar-refractivity contribution is 9.09. The molecule has 0 spiro atoms. The van der Waals surface area contributed by atoms with E-state index in [0.717, 1.165) is 5.92 Å². The van der Waals surface area contributed by atoms with Crippen molar-refractivity contribution in [2.75, 3.05) is 5.33 Å². The highest BCUT2D eigenvalue weighted by atomic mass is 79.9. The third-order valence-electron chi connectivity index (χ3n) is 1.97. The van der Waals surface area contributed by atoms with Crippen LogP contribution in [0.3, 0.4) is 0 Å². The molecule has 1 nitrogen and oxygen atoms in total. The smallest absolute Gasteiger partial charge is 0.146 e. The summed E-state index contributed by atoms with van der Waals surface area (Å²) >= 11 is 3.16. The van der Waals surface area contributed by atoms with Crippen LogP contribution in [0, 0.1) is 11.8 Å². The first-order valence-corrected chi connectivity index (χ1v) is 4.46. The summed E-state index contributed by atoms with van der Waals surface area (Å²) < 4.78 is 0. The summed E-state index contributed by atoms with van der Waals surface area (Å²) in [6.07, 6.45) is 2.53. The van der Waals surface area contributed by atoms with Gasteiger partial charge in [0.1, 0.15) is 5.78 Å². The summed E-state index contributed by atoms with van der Waals surface area (Å²) in [5.74, 6) is 1.39. The third kappa shape index (κ3) is 1.78. The van der Waals surface area contributed by atoms with Gasteiger partial charge in [-0.05, 0) is 18.8 Å². The Bertz CT molecular complexity index is 118. The lowest BCUT2D eigenvalue weighted by atomic mass is 10.0. The zero-order valence-electron chi connectivity index (χ0n) is 5.56. The van der Waals surface area contributed by atoms with Crippen LogP contribution in [0.25, 0.3) is 0 Å². The Labute approximate surface area is 64.0 Å². The van der Waals surface area contributed by atoms with Gasteiger partial charge in [-0.25, -0.2) is 0 Å². The van der Waals surface area contributed by atoms with Crippen molar-refractivity contribution in [3.63, 3.8) is 0 Å². The van der Waals surface area contributed by atoms with Gasteiger partial charge in [-0.2, -0.15) is 0 Å². The fraction of sp³-hybridized carbons (Fsp3) is 0.857. The molecule has 1 unspecified atom stereocenters. The Morgan fingerprint density at radius 2 is 2.33 bits per heavy atom. The van der Waals surface area contributed by atoms with Crippen molar-refractivity contribution in [3.05, 3.63) is 0 Å². The molecule has 0 bridgehead atoms. The maximum atomic E-state index is 10.9. The third-order valence-corrected chi connectivity index (χ3v) is 2.52. The summed E-state index contributed by atoms with van der Waals surface area (Å²) in [6, 6.07) is 0. The van der Waals surface area contributed by atoms with Crippen molar-refractivity contribution in [2.24, 2.45) is 11.8 Å². The molecule has 1 atom stereocenters. The van der Waals surface area contributed by atoms with E-state index in [2.05, 4.69) is 15.9 Å². The molecule has 2 heteroatoms. The first-order chi connectivity index (χ1) is 4.25. The van der Waals surface area contributed by atoms with Gasteiger partial charge in [0, 0.05) is 5.92 Å². The number of carbonyl (C=O) groups excluding carboxylic acids is 1. The van der Waals surface area contributed by atoms with E-state index in [1.165, 1.54) is 12.8 Å². The van der Waals surface area contributed by atoms with Crippen LogP contribution >= 0.6 is 15.9 Å². The highest BCUT2D eigenvalue weighted by Crippen LogP contribution is 2.37. The van der Waals surface area contributed by atoms with Crippen LogP contribution in [0.15, 0.2) is 0 Å². The monoisotopic (exact) mass is 190 g/mol. The number of hydrogen-bond acceptors (Lipinski definition) is 1. The first kappa shape index (κ1) is 7.26. The van der Waals surface area contributed by atoms with E-state index in [1.54, 1.807) is 0 Å². The molecule has 1 fully saturated rings. The van der Waals surface area contributed by atoms with Gasteiger partial charge in [-0.15, -0.1) is 0 Å². The molecule has 1 saturated carbocycles. The summed E-state index contributed by atoms with van der Waals surface area (Å²) in [7, 11) is 0. The van der Waals surface area contributed by atoms with Crippen molar-refractivity contribution in [3.8, 4) is 0 Å². The van der Waals surface area contributed by atoms with Gasteiger partial charge >= 0.3 is 0 Å². The maximum absolute atomic E-state index is 10.9. The molecular weight excluding hydrogens is 180 g/mol. The van der Waals surface area contributed by atoms with Gasteiger partial charge in [0.25, 0.3) is 0 Å². The topological polar surface area (TPSA) is 17.1 Å². The average molecular weight is 191 g/mol. The molecule has 52 valence electrons. The molecule has 1 aliphatic carbocycles. The second-order valence-electron chi connectivity index (χ2n) is 2.73. The van der Waals surface area contributed by atoms with Gasteiger partial charge < -0.3 is 0 Å². The van der Waals surface area contributed by atoms with E-state index < -0.39 is 0 Å². The summed E-state index contributed by atoms with van der Waals surface area (Å²) in [4.78, 5) is 10.9. The van der Waals surface area contributed by atoms with Gasteiger partial charge in [0.2, 0.25) is 0 Å². The lowest BCUT2D eigenvalue weighted by Gasteiger charge is -2.03. The Balaban J connectivity index is 2.30. The molecule has 1 aliphatic rings. The molecule has 0 aromatic rings. The van der Waals surface area contributed by atoms with Crippen molar-refractivity contribution < 1.29 is 4.79 Å². The zero-order chi connectivity index (χ0) is 6.85. The van der Waals surface area contributed by atoms with E-state index in [9.17, 15) is 4.79 Å². The number of hydrogen-bond donors (Lipinski definition) is 0. The van der Waals surface area contributed by atoms with Crippen LogP contribution in [0.1, 0.15) is 19.8 Å². The average Bonchev–Trinajstić information content (AvgIpc) is 2.66. The standard InChI is InChI=1S/C7H11BrO/c1-5(6-2-3-6)7(9)4-8/h5-6H,2-4H2,1H3. The predicted octanol–water partition coefficient (Wildman–Crippen LogP) is 2.00. The van der Waals surface area contributed by atoms with Crippen LogP contribution in [0.2, 0.25) is 0 Å². The minimum atomic E-state index is 0.310. The number of carbonyl (C=O) groups is 1. The predicted molar refractivity (Wildman–Crippen MR) is 40.7 cm³/mol. The normalized spacial score (nSPS) is 21.6. The number of ketones is 1. The molecule has 9 heavy (non-hydrogen) atoms. The second kappa shape index (κ2) is 2.82. The number of halogens is 1. The molecule has 0 amide bonds. The molecule has 0 aromatic heterocycles. The second-order valence-corrected chi connectivity index (χ2v) is 3.29. The molecule has 0 heterocycles. The molecule has 0 radical (unpaired) electrons. The molecular formula is C7H11BrO. The van der Waals surface area contributed by atoms with E-state index >= 15 is 0 Å². The Morgan fingerprint density at radius 3 is 2.67 bits per heavy atom. The minimum Gasteiger partial charge on any atom is -0.298 e. The number of Topliss-reactive ketones (excluding diaryl/α,β-unsaturated/α-hetero) is 1. The van der Waals surface area contributed by atoms with E-state index in [0.29, 0.717) is 17.0 Å². The lowest BCUT2D eigenvalue weighted by Crippen LogP contribution is -2.13. The van der Waals surface area contributed by atoms with Gasteiger partial charge in [0.05, 0.1) is 5.33 Å². The van der Waals surface area contributed by atoms with E-state index in [1.807, 2.05) is 6.92 Å². The Hall–Kier alpha value is 0.150. The fourth-order valence-electron chi connectivity index (χ4n) is 0.981. The molecule has 0 saturated heterocycles. The van der Waals surface area contributed by atoms with Gasteiger partial charge in [-0.3, -0.25) is 4.79 Å². The van der Waals surface area contributed by atoms with Crippen molar-refractivity contribution in [1.82, 2.24) is 0 Å². The van der Waals surface area contributed by atoms with E-state index in [-0.39, 0.29) is 0 Å². The zero-order valence-corrected chi connectivity index (χ0v) is 7.15. The Kier molecular flexibility index (Phi) is 2.28. The van der Waals surface area contributed by atoms with Crippen LogP contribution in [0.5, 0.6) is 0 Å². The van der Waals surface area contributed by atoms with Crippen LogP contribution in [0.4, 0.5) is 0 Å². The van der Waals surface area contributed by atoms with Crippen molar-refractivity contribution >= 4 is 21.7 Å². The minimum absolute atomic E-state index is 0.310. The number of alkyl halides is 1. The SMILES string of the molecule is CC(C(=O)CBr)C1CC1. The molecule has 0 aromatic carbocycles. The van der Waals surface area contributed by atoms with Crippen molar-refractivity contribution in [1.29, 1.82) is 0 Å². The fourth-order valence-corrected chi connectivity index (χ4v) is 1.49. The van der Waals surface area contributed by atoms with Crippen LogP contribution in [-0.4, -0.2) is 11.1 Å². The lowest BCUT2D eigenvalue weighted by molar-refractivity contribution is -0.120. The van der Waals surface area contributed by atoms with Crippen LogP contribution < -0.4 is 0 Å². The summed E-state index contributed by atoms with van der Waals surface area (Å²) in [5, 5.41) is 0.532. The van der Waals surface area contributed by atoms with Crippen LogP contribution in [-0.2, 0) is 4.79 Å². The molecule has 0 aliphatic heterocycles. The van der Waals surface area contributed by atoms with Gasteiger partial charge in [-0.1, -0.05) is 22.9 Å². The summed E-state index contributed by atoms with van der Waals surface area (Å²) in [6.45, 7) is 2.03.